The average Bonchev–Trinajstić information content (AvgIpc) is 2.56. The van der Waals surface area contributed by atoms with Crippen LogP contribution in [-0.4, -0.2) is 0 Å². The minimum atomic E-state index is 0.461. The number of nitrogens with zero attached hydrogens (tertiary/aromatic N) is 1. The summed E-state index contributed by atoms with van der Waals surface area (Å²) in [6.45, 7) is 2.15. The molecule has 0 fully saturated rings. The van der Waals surface area contributed by atoms with Crippen molar-refractivity contribution in [3.63, 3.8) is 0 Å². The second-order valence-electron chi connectivity index (χ2n) is 4.04. The number of hydrogen-bond donors (Lipinski definition) is 1. The SMILES string of the molecule is CC1C=CC2=c3c(N)cccc3=NC2=C1. The van der Waals surface area contributed by atoms with Gasteiger partial charge in [0.25, 0.3) is 0 Å². The van der Waals surface area contributed by atoms with Crippen LogP contribution in [0.15, 0.2) is 47.1 Å². The van der Waals surface area contributed by atoms with Gasteiger partial charge in [0.2, 0.25) is 0 Å². The summed E-state index contributed by atoms with van der Waals surface area (Å²) in [5.41, 5.74) is 9.02. The maximum absolute atomic E-state index is 5.97. The van der Waals surface area contributed by atoms with E-state index in [9.17, 15) is 0 Å². The summed E-state index contributed by atoms with van der Waals surface area (Å²) in [4.78, 5) is 4.58. The Morgan fingerprint density at radius 1 is 1.33 bits per heavy atom. The number of anilines is 1. The summed E-state index contributed by atoms with van der Waals surface area (Å²) in [5.74, 6) is 0.461. The summed E-state index contributed by atoms with van der Waals surface area (Å²) < 4.78 is 0. The van der Waals surface area contributed by atoms with Gasteiger partial charge in [-0.15, -0.1) is 0 Å². The standard InChI is InChI=1S/C13H12N2/c1-8-5-6-9-12(7-8)15-11-4-2-3-10(14)13(9)11/h2-8H,14H2,1H3. The van der Waals surface area contributed by atoms with Gasteiger partial charge in [-0.3, -0.25) is 0 Å². The van der Waals surface area contributed by atoms with E-state index >= 15 is 0 Å². The molecule has 1 aliphatic heterocycles. The second-order valence-corrected chi connectivity index (χ2v) is 4.04. The van der Waals surface area contributed by atoms with E-state index in [1.54, 1.807) is 0 Å². The predicted octanol–water partition coefficient (Wildman–Crippen LogP) is 1.14. The van der Waals surface area contributed by atoms with Crippen molar-refractivity contribution in [3.05, 3.63) is 52.7 Å². The molecule has 74 valence electrons. The van der Waals surface area contributed by atoms with Crippen LogP contribution in [0, 0.1) is 5.92 Å². The fourth-order valence-corrected chi connectivity index (χ4v) is 2.11. The summed E-state index contributed by atoms with van der Waals surface area (Å²) in [6, 6.07) is 5.88. The first-order valence-corrected chi connectivity index (χ1v) is 5.13. The molecule has 0 saturated heterocycles. The van der Waals surface area contributed by atoms with Crippen molar-refractivity contribution in [1.29, 1.82) is 0 Å². The van der Waals surface area contributed by atoms with Crippen LogP contribution in [0.1, 0.15) is 6.92 Å². The van der Waals surface area contributed by atoms with E-state index in [0.29, 0.717) is 5.92 Å². The Morgan fingerprint density at radius 3 is 3.07 bits per heavy atom. The summed E-state index contributed by atoms with van der Waals surface area (Å²) in [6.07, 6.45) is 6.48. The molecule has 2 heteroatoms. The normalized spacial score (nSPS) is 21.8. The predicted molar refractivity (Wildman–Crippen MR) is 61.4 cm³/mol. The first-order chi connectivity index (χ1) is 7.25. The van der Waals surface area contributed by atoms with Gasteiger partial charge in [-0.2, -0.15) is 0 Å². The molecular formula is C13H12N2. The Bertz CT molecular complexity index is 606. The first-order valence-electron chi connectivity index (χ1n) is 5.13. The lowest BCUT2D eigenvalue weighted by molar-refractivity contribution is 0.920. The highest BCUT2D eigenvalue weighted by molar-refractivity contribution is 5.78. The van der Waals surface area contributed by atoms with Crippen LogP contribution in [-0.2, 0) is 0 Å². The lowest BCUT2D eigenvalue weighted by Crippen LogP contribution is -2.26. The van der Waals surface area contributed by atoms with E-state index in [2.05, 4.69) is 30.1 Å². The van der Waals surface area contributed by atoms with Crippen LogP contribution in [0.25, 0.3) is 5.57 Å². The van der Waals surface area contributed by atoms with Crippen molar-refractivity contribution in [2.24, 2.45) is 10.9 Å². The average molecular weight is 196 g/mol. The fourth-order valence-electron chi connectivity index (χ4n) is 2.11. The zero-order valence-electron chi connectivity index (χ0n) is 8.57. The first kappa shape index (κ1) is 8.48. The maximum atomic E-state index is 5.97. The van der Waals surface area contributed by atoms with E-state index in [0.717, 1.165) is 22.0 Å². The number of allylic oxidation sites excluding steroid dienone is 3. The molecule has 2 N–H and O–H groups in total. The van der Waals surface area contributed by atoms with Crippen molar-refractivity contribution in [1.82, 2.24) is 0 Å². The Labute approximate surface area is 88.1 Å². The van der Waals surface area contributed by atoms with Crippen LogP contribution < -0.4 is 16.3 Å². The molecule has 1 aromatic carbocycles. The topological polar surface area (TPSA) is 38.4 Å². The molecule has 1 atom stereocenters. The molecule has 1 unspecified atom stereocenters. The Balaban J connectivity index is 2.44. The van der Waals surface area contributed by atoms with Gasteiger partial charge in [0.05, 0.1) is 11.1 Å². The largest absolute Gasteiger partial charge is 0.398 e. The minimum absolute atomic E-state index is 0.461. The van der Waals surface area contributed by atoms with E-state index < -0.39 is 0 Å². The van der Waals surface area contributed by atoms with Gasteiger partial charge in [-0.05, 0) is 18.1 Å². The smallest absolute Gasteiger partial charge is 0.0736 e. The van der Waals surface area contributed by atoms with E-state index in [-0.39, 0.29) is 0 Å². The quantitative estimate of drug-likeness (QED) is 0.621. The molecule has 0 saturated carbocycles. The molecule has 15 heavy (non-hydrogen) atoms. The van der Waals surface area contributed by atoms with E-state index in [4.69, 9.17) is 5.73 Å². The Morgan fingerprint density at radius 2 is 2.20 bits per heavy atom. The van der Waals surface area contributed by atoms with Crippen LogP contribution in [0.2, 0.25) is 0 Å². The molecule has 0 bridgehead atoms. The van der Waals surface area contributed by atoms with Crippen molar-refractivity contribution in [2.75, 3.05) is 5.73 Å². The van der Waals surface area contributed by atoms with E-state index in [1.165, 1.54) is 5.57 Å². The third-order valence-electron chi connectivity index (χ3n) is 2.85. The molecule has 3 rings (SSSR count). The molecule has 0 spiro atoms. The Hall–Kier alpha value is -1.83. The third-order valence-corrected chi connectivity index (χ3v) is 2.85. The maximum Gasteiger partial charge on any atom is 0.0736 e. The van der Waals surface area contributed by atoms with Crippen molar-refractivity contribution in [3.8, 4) is 0 Å². The van der Waals surface area contributed by atoms with Gasteiger partial charge in [0, 0.05) is 16.5 Å². The third kappa shape index (κ3) is 1.14. The van der Waals surface area contributed by atoms with Crippen LogP contribution in [0.3, 0.4) is 0 Å². The molecule has 2 aliphatic rings. The number of hydrogen-bond acceptors (Lipinski definition) is 2. The summed E-state index contributed by atoms with van der Waals surface area (Å²) in [7, 11) is 0. The van der Waals surface area contributed by atoms with Gasteiger partial charge >= 0.3 is 0 Å². The monoisotopic (exact) mass is 196 g/mol. The highest BCUT2D eigenvalue weighted by Crippen LogP contribution is 2.24. The van der Waals surface area contributed by atoms with Gasteiger partial charge < -0.3 is 5.73 Å². The Kier molecular flexibility index (Phi) is 1.60. The molecular weight excluding hydrogens is 184 g/mol. The second kappa shape index (κ2) is 2.83. The molecule has 2 nitrogen and oxygen atoms in total. The fraction of sp³-hybridized carbons (Fsp3) is 0.154. The zero-order chi connectivity index (χ0) is 10.4. The van der Waals surface area contributed by atoms with Crippen LogP contribution in [0.4, 0.5) is 5.69 Å². The van der Waals surface area contributed by atoms with Gasteiger partial charge in [0.1, 0.15) is 0 Å². The summed E-state index contributed by atoms with van der Waals surface area (Å²) >= 11 is 0. The highest BCUT2D eigenvalue weighted by atomic mass is 14.8. The van der Waals surface area contributed by atoms with Gasteiger partial charge in [-0.1, -0.05) is 31.2 Å². The molecule has 0 aromatic heterocycles. The number of nitrogen functional groups attached to an aromatic ring is 1. The molecule has 0 radical (unpaired) electrons. The molecule has 0 amide bonds. The van der Waals surface area contributed by atoms with Crippen molar-refractivity contribution < 1.29 is 0 Å². The van der Waals surface area contributed by atoms with Crippen molar-refractivity contribution >= 4 is 11.3 Å². The highest BCUT2D eigenvalue weighted by Gasteiger charge is 2.15. The number of nitrogens with two attached hydrogens (primary N) is 1. The molecule has 1 aliphatic carbocycles. The van der Waals surface area contributed by atoms with Crippen LogP contribution in [0.5, 0.6) is 0 Å². The lowest BCUT2D eigenvalue weighted by Gasteiger charge is -2.08. The minimum Gasteiger partial charge on any atom is -0.398 e. The molecule has 1 heterocycles. The zero-order valence-corrected chi connectivity index (χ0v) is 8.57. The van der Waals surface area contributed by atoms with Crippen molar-refractivity contribution in [2.45, 2.75) is 6.92 Å². The van der Waals surface area contributed by atoms with Gasteiger partial charge in [0.15, 0.2) is 0 Å². The number of fused-ring (bicyclic) bond motifs is 2. The summed E-state index contributed by atoms with van der Waals surface area (Å²) in [5, 5.41) is 2.09. The lowest BCUT2D eigenvalue weighted by atomic mass is 9.98. The van der Waals surface area contributed by atoms with E-state index in [1.807, 2.05) is 18.2 Å². The molecule has 1 aromatic rings. The number of benzene rings is 1. The van der Waals surface area contributed by atoms with Crippen LogP contribution >= 0.6 is 0 Å². The van der Waals surface area contributed by atoms with Gasteiger partial charge in [-0.25, -0.2) is 4.99 Å². The number of rotatable bonds is 0.